The van der Waals surface area contributed by atoms with Crippen LogP contribution in [0, 0.1) is 0 Å². The van der Waals surface area contributed by atoms with Gasteiger partial charge in [-0.2, -0.15) is 18.3 Å². The fraction of sp³-hybridized carbons (Fsp3) is 0.167. The van der Waals surface area contributed by atoms with Crippen LogP contribution in [-0.2, 0) is 6.18 Å². The number of hydrogen-bond donors (Lipinski definition) is 2. The van der Waals surface area contributed by atoms with Crippen LogP contribution in [0.4, 0.5) is 32.0 Å². The Bertz CT molecular complexity index is 690. The van der Waals surface area contributed by atoms with E-state index in [9.17, 15) is 31.1 Å². The summed E-state index contributed by atoms with van der Waals surface area (Å²) in [5.74, 6) is -1.46. The van der Waals surface area contributed by atoms with Gasteiger partial charge in [0.2, 0.25) is 0 Å². The monoisotopic (exact) mass is 339 g/mol. The highest BCUT2D eigenvalue weighted by Crippen LogP contribution is 2.28. The molecule has 1 heterocycles. The van der Waals surface area contributed by atoms with Crippen molar-refractivity contribution >= 4 is 11.6 Å². The zero-order valence-corrected chi connectivity index (χ0v) is 10.9. The molecule has 0 saturated carbocycles. The van der Waals surface area contributed by atoms with E-state index in [1.807, 2.05) is 0 Å². The van der Waals surface area contributed by atoms with Crippen molar-refractivity contribution in [1.29, 1.82) is 0 Å². The van der Waals surface area contributed by atoms with E-state index in [0.717, 1.165) is 24.3 Å². The van der Waals surface area contributed by atoms with Gasteiger partial charge in [0.25, 0.3) is 5.91 Å². The molecule has 5 nitrogen and oxygen atoms in total. The highest BCUT2D eigenvalue weighted by Gasteiger charge is 2.34. The molecule has 0 aliphatic heterocycles. The summed E-state index contributed by atoms with van der Waals surface area (Å²) in [6.07, 6.45) is -9.53. The molecule has 0 saturated heterocycles. The largest absolute Gasteiger partial charge is 0.573 e. The minimum absolute atomic E-state index is 0.0566. The Kier molecular flexibility index (Phi) is 4.21. The zero-order valence-electron chi connectivity index (χ0n) is 10.9. The predicted molar refractivity (Wildman–Crippen MR) is 64.7 cm³/mol. The van der Waals surface area contributed by atoms with Crippen molar-refractivity contribution in [3.05, 3.63) is 41.7 Å². The van der Waals surface area contributed by atoms with E-state index in [0.29, 0.717) is 6.07 Å². The van der Waals surface area contributed by atoms with Gasteiger partial charge in [-0.1, -0.05) is 0 Å². The average molecular weight is 339 g/mol. The number of H-pyrrole nitrogens is 1. The molecule has 0 fully saturated rings. The molecule has 0 atom stereocenters. The second kappa shape index (κ2) is 5.82. The van der Waals surface area contributed by atoms with E-state index < -0.39 is 35.6 Å². The molecule has 1 amide bonds. The van der Waals surface area contributed by atoms with E-state index in [1.54, 1.807) is 5.10 Å². The number of aromatic nitrogens is 2. The van der Waals surface area contributed by atoms with Crippen LogP contribution in [0.1, 0.15) is 16.2 Å². The number of nitrogens with one attached hydrogen (secondary N) is 2. The predicted octanol–water partition coefficient (Wildman–Crippen LogP) is 3.58. The number of anilines is 1. The minimum Gasteiger partial charge on any atom is -0.406 e. The van der Waals surface area contributed by atoms with Crippen molar-refractivity contribution in [2.24, 2.45) is 0 Å². The van der Waals surface area contributed by atoms with Crippen molar-refractivity contribution in [2.75, 3.05) is 5.32 Å². The molecule has 0 spiro atoms. The fourth-order valence-electron chi connectivity index (χ4n) is 1.52. The van der Waals surface area contributed by atoms with E-state index in [4.69, 9.17) is 0 Å². The third-order valence-electron chi connectivity index (χ3n) is 2.46. The first-order valence-electron chi connectivity index (χ1n) is 5.84. The van der Waals surface area contributed by atoms with Gasteiger partial charge in [0, 0.05) is 11.8 Å². The summed E-state index contributed by atoms with van der Waals surface area (Å²) in [5.41, 5.74) is -1.66. The number of halogens is 6. The van der Waals surface area contributed by atoms with E-state index in [1.165, 1.54) is 0 Å². The Hall–Kier alpha value is -2.72. The molecule has 1 aromatic carbocycles. The van der Waals surface area contributed by atoms with Crippen LogP contribution in [0.25, 0.3) is 0 Å². The molecule has 2 rings (SSSR count). The van der Waals surface area contributed by atoms with E-state index in [2.05, 4.69) is 15.2 Å². The minimum atomic E-state index is -4.85. The van der Waals surface area contributed by atoms with Gasteiger partial charge in [-0.05, 0) is 24.3 Å². The topological polar surface area (TPSA) is 67.0 Å². The van der Waals surface area contributed by atoms with Gasteiger partial charge in [0.15, 0.2) is 5.69 Å². The van der Waals surface area contributed by atoms with Crippen LogP contribution < -0.4 is 10.1 Å². The Morgan fingerprint density at radius 1 is 1.09 bits per heavy atom. The number of nitrogens with zero attached hydrogens (tertiary/aromatic N) is 1. The summed E-state index contributed by atoms with van der Waals surface area (Å²) < 4.78 is 76.6. The molecular formula is C12H7F6N3O2. The lowest BCUT2D eigenvalue weighted by Gasteiger charge is -2.09. The first kappa shape index (κ1) is 16.6. The third kappa shape index (κ3) is 4.63. The number of carbonyl (C=O) groups excluding carboxylic acids is 1. The molecule has 2 N–H and O–H groups in total. The molecule has 23 heavy (non-hydrogen) atoms. The average Bonchev–Trinajstić information content (AvgIpc) is 2.89. The molecule has 0 radical (unpaired) electrons. The molecule has 2 aromatic rings. The van der Waals surface area contributed by atoms with Crippen LogP contribution in [-0.4, -0.2) is 22.5 Å². The van der Waals surface area contributed by atoms with Crippen molar-refractivity contribution in [3.63, 3.8) is 0 Å². The van der Waals surface area contributed by atoms with Crippen LogP contribution >= 0.6 is 0 Å². The second-order valence-electron chi connectivity index (χ2n) is 4.19. The molecule has 0 unspecified atom stereocenters. The molecule has 0 aliphatic rings. The standard InChI is InChI=1S/C12H7F6N3O2/c13-11(14,15)9-5-8(20-21-9)10(22)19-6-1-3-7(4-2-6)23-12(16,17)18/h1-5H,(H,19,22)(H,20,21). The number of ether oxygens (including phenoxy) is 1. The number of alkyl halides is 6. The third-order valence-corrected chi connectivity index (χ3v) is 2.46. The lowest BCUT2D eigenvalue weighted by Crippen LogP contribution is -2.17. The number of carbonyl (C=O) groups is 1. The van der Waals surface area contributed by atoms with Gasteiger partial charge in [-0.25, -0.2) is 0 Å². The van der Waals surface area contributed by atoms with Gasteiger partial charge >= 0.3 is 12.5 Å². The van der Waals surface area contributed by atoms with Crippen LogP contribution in [0.2, 0.25) is 0 Å². The normalized spacial score (nSPS) is 12.1. The first-order chi connectivity index (χ1) is 10.5. The maximum Gasteiger partial charge on any atom is 0.573 e. The van der Waals surface area contributed by atoms with Crippen LogP contribution in [0.3, 0.4) is 0 Å². The zero-order chi connectivity index (χ0) is 17.3. The Morgan fingerprint density at radius 2 is 1.70 bits per heavy atom. The lowest BCUT2D eigenvalue weighted by atomic mass is 10.3. The number of hydrogen-bond acceptors (Lipinski definition) is 3. The molecule has 124 valence electrons. The summed E-state index contributed by atoms with van der Waals surface area (Å²) >= 11 is 0. The van der Waals surface area contributed by atoms with Crippen LogP contribution in [0.5, 0.6) is 5.75 Å². The molecule has 0 aliphatic carbocycles. The Labute approximate surface area is 124 Å². The lowest BCUT2D eigenvalue weighted by molar-refractivity contribution is -0.274. The summed E-state index contributed by atoms with van der Waals surface area (Å²) in [6, 6.07) is 4.58. The van der Waals surface area contributed by atoms with Crippen molar-refractivity contribution in [2.45, 2.75) is 12.5 Å². The van der Waals surface area contributed by atoms with Crippen molar-refractivity contribution in [1.82, 2.24) is 10.2 Å². The number of aromatic amines is 1. The first-order valence-corrected chi connectivity index (χ1v) is 5.84. The van der Waals surface area contributed by atoms with Crippen molar-refractivity contribution < 1.29 is 35.9 Å². The molecule has 0 bridgehead atoms. The molecule has 11 heteroatoms. The SMILES string of the molecule is O=C(Nc1ccc(OC(F)(F)F)cc1)c1cc(C(F)(F)F)[nH]n1. The summed E-state index contributed by atoms with van der Waals surface area (Å²) in [5, 5.41) is 7.07. The molecule has 1 aromatic heterocycles. The number of amides is 1. The quantitative estimate of drug-likeness (QED) is 0.840. The van der Waals surface area contributed by atoms with Gasteiger partial charge in [0.05, 0.1) is 0 Å². The highest BCUT2D eigenvalue weighted by atomic mass is 19.4. The maximum atomic E-state index is 12.4. The van der Waals surface area contributed by atoms with Gasteiger partial charge in [-0.3, -0.25) is 9.89 Å². The smallest absolute Gasteiger partial charge is 0.406 e. The number of rotatable bonds is 3. The van der Waals surface area contributed by atoms with Gasteiger partial charge < -0.3 is 10.1 Å². The summed E-state index contributed by atoms with van der Waals surface area (Å²) in [6.45, 7) is 0. The van der Waals surface area contributed by atoms with E-state index >= 15 is 0 Å². The Balaban J connectivity index is 2.04. The highest BCUT2D eigenvalue weighted by molar-refractivity contribution is 6.02. The molecular weight excluding hydrogens is 332 g/mol. The fourth-order valence-corrected chi connectivity index (χ4v) is 1.52. The summed E-state index contributed by atoms with van der Waals surface area (Å²) in [4.78, 5) is 11.7. The van der Waals surface area contributed by atoms with Crippen molar-refractivity contribution in [3.8, 4) is 5.75 Å². The van der Waals surface area contributed by atoms with Crippen LogP contribution in [0.15, 0.2) is 30.3 Å². The van der Waals surface area contributed by atoms with E-state index in [-0.39, 0.29) is 5.69 Å². The Morgan fingerprint density at radius 3 is 2.17 bits per heavy atom. The second-order valence-corrected chi connectivity index (χ2v) is 4.19. The van der Waals surface area contributed by atoms with Gasteiger partial charge in [0.1, 0.15) is 11.4 Å². The maximum absolute atomic E-state index is 12.4. The number of benzene rings is 1. The summed E-state index contributed by atoms with van der Waals surface area (Å²) in [7, 11) is 0. The van der Waals surface area contributed by atoms with Gasteiger partial charge in [-0.15, -0.1) is 13.2 Å².